The van der Waals surface area contributed by atoms with Gasteiger partial charge in [0.15, 0.2) is 0 Å². The summed E-state index contributed by atoms with van der Waals surface area (Å²) in [5, 5.41) is 7.00. The minimum atomic E-state index is 0.430. The van der Waals surface area contributed by atoms with E-state index < -0.39 is 0 Å². The summed E-state index contributed by atoms with van der Waals surface area (Å²) in [4.78, 5) is 0. The lowest BCUT2D eigenvalue weighted by Gasteiger charge is -2.26. The molecule has 3 N–H and O–H groups in total. The van der Waals surface area contributed by atoms with Crippen molar-refractivity contribution in [3.63, 3.8) is 0 Å². The van der Waals surface area contributed by atoms with Crippen molar-refractivity contribution in [3.8, 4) is 0 Å². The second-order valence-corrected chi connectivity index (χ2v) is 4.03. The first-order valence-electron chi connectivity index (χ1n) is 5.61. The Balaban J connectivity index is 0.000000531. The van der Waals surface area contributed by atoms with Gasteiger partial charge in [-0.3, -0.25) is 0 Å². The first-order valence-corrected chi connectivity index (χ1v) is 5.61. The first-order chi connectivity index (χ1) is 7.36. The fourth-order valence-corrected chi connectivity index (χ4v) is 2.26. The van der Waals surface area contributed by atoms with Crippen LogP contribution in [0.15, 0.2) is 30.3 Å². The van der Waals surface area contributed by atoms with Crippen molar-refractivity contribution in [3.05, 3.63) is 35.9 Å². The van der Waals surface area contributed by atoms with Crippen LogP contribution in [-0.4, -0.2) is 18.3 Å². The van der Waals surface area contributed by atoms with Crippen LogP contribution in [0.1, 0.15) is 37.2 Å². The molecular weight excluding hydrogens is 186 g/mol. The molecule has 1 aliphatic rings. The van der Waals surface area contributed by atoms with Crippen molar-refractivity contribution in [2.24, 2.45) is 5.73 Å². The molecule has 1 fully saturated rings. The van der Waals surface area contributed by atoms with Crippen molar-refractivity contribution in [1.82, 2.24) is 0 Å². The van der Waals surface area contributed by atoms with Gasteiger partial charge in [0.25, 0.3) is 0 Å². The summed E-state index contributed by atoms with van der Waals surface area (Å²) < 4.78 is 0. The minimum Gasteiger partial charge on any atom is -0.400 e. The van der Waals surface area contributed by atoms with E-state index in [0.29, 0.717) is 12.0 Å². The van der Waals surface area contributed by atoms with Crippen LogP contribution < -0.4 is 5.73 Å². The maximum absolute atomic E-state index is 7.00. The summed E-state index contributed by atoms with van der Waals surface area (Å²) in [6.07, 6.45) is 4.99. The Morgan fingerprint density at radius 2 is 1.80 bits per heavy atom. The number of hydrogen-bond acceptors (Lipinski definition) is 2. The Morgan fingerprint density at radius 1 is 1.13 bits per heavy atom. The average molecular weight is 207 g/mol. The van der Waals surface area contributed by atoms with E-state index in [0.717, 1.165) is 7.11 Å². The van der Waals surface area contributed by atoms with E-state index >= 15 is 0 Å². The third kappa shape index (κ3) is 3.65. The van der Waals surface area contributed by atoms with E-state index in [9.17, 15) is 0 Å². The van der Waals surface area contributed by atoms with E-state index in [1.165, 1.54) is 31.2 Å². The van der Waals surface area contributed by atoms with Gasteiger partial charge >= 0.3 is 0 Å². The number of hydrogen-bond donors (Lipinski definition) is 2. The lowest BCUT2D eigenvalue weighted by Crippen LogP contribution is -2.26. The second-order valence-electron chi connectivity index (χ2n) is 4.03. The first kappa shape index (κ1) is 12.2. The largest absolute Gasteiger partial charge is 0.400 e. The van der Waals surface area contributed by atoms with Crippen LogP contribution >= 0.6 is 0 Å². The maximum Gasteiger partial charge on any atom is 0.0319 e. The molecule has 15 heavy (non-hydrogen) atoms. The van der Waals surface area contributed by atoms with Crippen LogP contribution in [0.4, 0.5) is 0 Å². The van der Waals surface area contributed by atoms with Crippen LogP contribution in [0.2, 0.25) is 0 Å². The Labute approximate surface area is 92.1 Å². The lowest BCUT2D eigenvalue weighted by molar-refractivity contribution is 0.393. The molecule has 1 aromatic carbocycles. The van der Waals surface area contributed by atoms with Gasteiger partial charge in [0.05, 0.1) is 0 Å². The van der Waals surface area contributed by atoms with Gasteiger partial charge in [-0.25, -0.2) is 0 Å². The highest BCUT2D eigenvalue weighted by molar-refractivity contribution is 5.20. The fraction of sp³-hybridized carbons (Fsp3) is 0.538. The molecule has 2 heteroatoms. The number of aliphatic hydroxyl groups is 1. The van der Waals surface area contributed by atoms with Gasteiger partial charge in [0.1, 0.15) is 0 Å². The van der Waals surface area contributed by atoms with E-state index in [-0.39, 0.29) is 0 Å². The third-order valence-electron chi connectivity index (χ3n) is 2.99. The number of benzene rings is 1. The summed E-state index contributed by atoms with van der Waals surface area (Å²) >= 11 is 0. The number of aliphatic hydroxyl groups excluding tert-OH is 1. The van der Waals surface area contributed by atoms with Gasteiger partial charge in [0, 0.05) is 13.2 Å². The van der Waals surface area contributed by atoms with Gasteiger partial charge in [-0.2, -0.15) is 0 Å². The van der Waals surface area contributed by atoms with Crippen LogP contribution in [-0.2, 0) is 0 Å². The molecule has 84 valence electrons. The summed E-state index contributed by atoms with van der Waals surface area (Å²) in [6.45, 7) is 0. The van der Waals surface area contributed by atoms with Gasteiger partial charge in [-0.1, -0.05) is 36.8 Å². The molecule has 0 aliphatic heterocycles. The Bertz CT molecular complexity index is 260. The highest BCUT2D eigenvalue weighted by Crippen LogP contribution is 2.31. The standard InChI is InChI=1S/C12H17N.CH4O/c13-12-8-4-7-11(9-12)10-5-2-1-3-6-10;1-2/h1-3,5-6,11-12H,4,7-9,13H2;2H,1H3. The summed E-state index contributed by atoms with van der Waals surface area (Å²) in [5.74, 6) is 0.713. The topological polar surface area (TPSA) is 46.2 Å². The van der Waals surface area contributed by atoms with E-state index in [1.54, 1.807) is 0 Å². The molecular formula is C13H21NO. The molecule has 0 radical (unpaired) electrons. The Morgan fingerprint density at radius 3 is 2.40 bits per heavy atom. The maximum atomic E-state index is 7.00. The molecule has 2 rings (SSSR count). The van der Waals surface area contributed by atoms with Crippen molar-refractivity contribution in [2.45, 2.75) is 37.6 Å². The molecule has 1 saturated carbocycles. The van der Waals surface area contributed by atoms with E-state index in [1.807, 2.05) is 0 Å². The Kier molecular flexibility index (Phi) is 5.37. The highest BCUT2D eigenvalue weighted by atomic mass is 16.2. The van der Waals surface area contributed by atoms with Crippen molar-refractivity contribution < 1.29 is 5.11 Å². The molecule has 1 aromatic rings. The van der Waals surface area contributed by atoms with Crippen LogP contribution in [0.5, 0.6) is 0 Å². The summed E-state index contributed by atoms with van der Waals surface area (Å²) in [6, 6.07) is 11.2. The predicted molar refractivity (Wildman–Crippen MR) is 63.8 cm³/mol. The molecule has 0 saturated heterocycles. The van der Waals surface area contributed by atoms with Crippen molar-refractivity contribution in [2.75, 3.05) is 7.11 Å². The molecule has 0 amide bonds. The number of rotatable bonds is 1. The Hall–Kier alpha value is -0.860. The van der Waals surface area contributed by atoms with Crippen molar-refractivity contribution >= 4 is 0 Å². The highest BCUT2D eigenvalue weighted by Gasteiger charge is 2.19. The van der Waals surface area contributed by atoms with Crippen LogP contribution in [0.25, 0.3) is 0 Å². The second kappa shape index (κ2) is 6.59. The molecule has 0 bridgehead atoms. The van der Waals surface area contributed by atoms with Crippen molar-refractivity contribution in [1.29, 1.82) is 0 Å². The monoisotopic (exact) mass is 207 g/mol. The molecule has 2 atom stereocenters. The molecule has 1 aliphatic carbocycles. The number of nitrogens with two attached hydrogens (primary N) is 1. The fourth-order valence-electron chi connectivity index (χ4n) is 2.26. The zero-order valence-corrected chi connectivity index (χ0v) is 9.39. The van der Waals surface area contributed by atoms with Gasteiger partial charge in [-0.05, 0) is 30.7 Å². The summed E-state index contributed by atoms with van der Waals surface area (Å²) in [5.41, 5.74) is 7.43. The molecule has 2 nitrogen and oxygen atoms in total. The molecule has 0 heterocycles. The van der Waals surface area contributed by atoms with E-state index in [4.69, 9.17) is 10.8 Å². The zero-order valence-electron chi connectivity index (χ0n) is 9.39. The predicted octanol–water partition coefficient (Wildman–Crippen LogP) is 2.28. The summed E-state index contributed by atoms with van der Waals surface area (Å²) in [7, 11) is 1.00. The third-order valence-corrected chi connectivity index (χ3v) is 2.99. The quantitative estimate of drug-likeness (QED) is 0.742. The van der Waals surface area contributed by atoms with Crippen LogP contribution in [0, 0.1) is 0 Å². The van der Waals surface area contributed by atoms with Crippen LogP contribution in [0.3, 0.4) is 0 Å². The molecule has 0 spiro atoms. The minimum absolute atomic E-state index is 0.430. The average Bonchev–Trinajstić information content (AvgIpc) is 2.33. The SMILES string of the molecule is CO.NC1CCCC(c2ccccc2)C1. The van der Waals surface area contributed by atoms with E-state index in [2.05, 4.69) is 30.3 Å². The molecule has 0 aromatic heterocycles. The van der Waals surface area contributed by atoms with Gasteiger partial charge < -0.3 is 10.8 Å². The van der Waals surface area contributed by atoms with Gasteiger partial charge in [0.2, 0.25) is 0 Å². The lowest BCUT2D eigenvalue weighted by atomic mass is 9.82. The smallest absolute Gasteiger partial charge is 0.0319 e. The molecule has 2 unspecified atom stereocenters. The normalized spacial score (nSPS) is 25.3. The van der Waals surface area contributed by atoms with Gasteiger partial charge in [-0.15, -0.1) is 0 Å². The zero-order chi connectivity index (χ0) is 11.1.